The summed E-state index contributed by atoms with van der Waals surface area (Å²) >= 11 is 0. The minimum atomic E-state index is 0.196. The van der Waals surface area contributed by atoms with Gasteiger partial charge in [0.2, 0.25) is 17.6 Å². The molecule has 1 aromatic carbocycles. The lowest BCUT2D eigenvalue weighted by Gasteiger charge is -2.30. The third kappa shape index (κ3) is 4.09. The zero-order valence-electron chi connectivity index (χ0n) is 17.0. The Bertz CT molecular complexity index is 927. The first-order valence-electron chi connectivity index (χ1n) is 10.8. The van der Waals surface area contributed by atoms with Gasteiger partial charge in [-0.1, -0.05) is 17.3 Å². The van der Waals surface area contributed by atoms with Gasteiger partial charge in [-0.25, -0.2) is 0 Å². The van der Waals surface area contributed by atoms with Crippen molar-refractivity contribution in [1.82, 2.24) is 15.0 Å². The van der Waals surface area contributed by atoms with Gasteiger partial charge in [0.05, 0.1) is 19.3 Å². The molecular formula is C22H27N5O3. The van der Waals surface area contributed by atoms with E-state index in [0.29, 0.717) is 43.2 Å². The molecule has 3 fully saturated rings. The predicted octanol–water partition coefficient (Wildman–Crippen LogP) is 3.05. The summed E-state index contributed by atoms with van der Waals surface area (Å²) < 4.78 is 10.8. The molecular weight excluding hydrogens is 382 g/mol. The van der Waals surface area contributed by atoms with Crippen LogP contribution in [-0.2, 0) is 9.53 Å². The Morgan fingerprint density at radius 1 is 1.23 bits per heavy atom. The number of rotatable bonds is 7. The van der Waals surface area contributed by atoms with Crippen molar-refractivity contribution in [2.45, 2.75) is 44.1 Å². The zero-order valence-corrected chi connectivity index (χ0v) is 17.0. The minimum absolute atomic E-state index is 0.196. The maximum Gasteiger partial charge on any atom is 0.230 e. The van der Waals surface area contributed by atoms with E-state index in [9.17, 15) is 4.79 Å². The number of nitrogens with zero attached hydrogens (tertiary/aromatic N) is 3. The molecule has 0 bridgehead atoms. The van der Waals surface area contributed by atoms with E-state index in [4.69, 9.17) is 14.7 Å². The van der Waals surface area contributed by atoms with Gasteiger partial charge >= 0.3 is 0 Å². The number of nitrogens with one attached hydrogen (secondary N) is 2. The molecule has 3 heterocycles. The summed E-state index contributed by atoms with van der Waals surface area (Å²) in [6.07, 6.45) is 6.19. The van der Waals surface area contributed by atoms with Crippen LogP contribution < -0.4 is 5.32 Å². The normalized spacial score (nSPS) is 20.1. The molecule has 158 valence electrons. The van der Waals surface area contributed by atoms with Crippen molar-refractivity contribution in [2.75, 3.05) is 31.6 Å². The molecule has 0 unspecified atom stereocenters. The Kier molecular flexibility index (Phi) is 5.25. The number of piperidine rings is 1. The second-order valence-corrected chi connectivity index (χ2v) is 8.58. The number of ether oxygens (including phenoxy) is 1. The highest BCUT2D eigenvalue weighted by molar-refractivity contribution is 5.87. The molecule has 0 spiro atoms. The monoisotopic (exact) mass is 409 g/mol. The van der Waals surface area contributed by atoms with Gasteiger partial charge < -0.3 is 24.9 Å². The molecule has 1 saturated carbocycles. The Balaban J connectivity index is 1.24. The summed E-state index contributed by atoms with van der Waals surface area (Å²) in [7, 11) is 0. The SMILES string of the molecule is N=Cc1ccc(-c2noc(C3CCN(C(=O)CC4CC4)CC3)n2)cc1NC1COC1. The summed E-state index contributed by atoms with van der Waals surface area (Å²) in [5.41, 5.74) is 2.55. The van der Waals surface area contributed by atoms with E-state index in [0.717, 1.165) is 42.7 Å². The molecule has 8 heteroatoms. The Labute approximate surface area is 175 Å². The number of amides is 1. The van der Waals surface area contributed by atoms with Gasteiger partial charge in [0, 0.05) is 48.5 Å². The lowest BCUT2D eigenvalue weighted by Crippen LogP contribution is -2.40. The average Bonchev–Trinajstić information content (AvgIpc) is 3.42. The third-order valence-electron chi connectivity index (χ3n) is 6.26. The quantitative estimate of drug-likeness (QED) is 0.681. The molecule has 2 aromatic rings. The third-order valence-corrected chi connectivity index (χ3v) is 6.26. The van der Waals surface area contributed by atoms with Crippen LogP contribution in [0.15, 0.2) is 22.7 Å². The van der Waals surface area contributed by atoms with Gasteiger partial charge in [-0.05, 0) is 37.7 Å². The largest absolute Gasteiger partial charge is 0.377 e. The number of benzene rings is 1. The fourth-order valence-corrected chi connectivity index (χ4v) is 4.08. The number of anilines is 1. The van der Waals surface area contributed by atoms with E-state index in [1.807, 2.05) is 23.1 Å². The van der Waals surface area contributed by atoms with Crippen molar-refractivity contribution in [3.05, 3.63) is 29.7 Å². The number of likely N-dealkylation sites (tertiary alicyclic amines) is 1. The fraction of sp³-hybridized carbons (Fsp3) is 0.545. The van der Waals surface area contributed by atoms with Crippen molar-refractivity contribution in [3.63, 3.8) is 0 Å². The Hall–Kier alpha value is -2.74. The summed E-state index contributed by atoms with van der Waals surface area (Å²) in [6.45, 7) is 2.88. The summed E-state index contributed by atoms with van der Waals surface area (Å²) in [6, 6.07) is 6.04. The molecule has 1 aromatic heterocycles. The van der Waals surface area contributed by atoms with Crippen molar-refractivity contribution in [1.29, 1.82) is 5.41 Å². The predicted molar refractivity (Wildman–Crippen MR) is 112 cm³/mol. The highest BCUT2D eigenvalue weighted by Gasteiger charge is 2.31. The van der Waals surface area contributed by atoms with Gasteiger partial charge in [-0.3, -0.25) is 4.79 Å². The van der Waals surface area contributed by atoms with Crippen LogP contribution >= 0.6 is 0 Å². The van der Waals surface area contributed by atoms with Crippen LogP contribution in [0.2, 0.25) is 0 Å². The smallest absolute Gasteiger partial charge is 0.230 e. The number of aromatic nitrogens is 2. The fourth-order valence-electron chi connectivity index (χ4n) is 4.08. The number of carbonyl (C=O) groups excluding carboxylic acids is 1. The standard InChI is InChI=1S/C22H27N5O3/c23-11-17-4-3-16(10-19(17)24-18-12-29-13-18)21-25-22(30-26-21)15-5-7-27(8-6-15)20(28)9-14-1-2-14/h3-4,10-11,14-15,18,23-24H,1-2,5-9,12-13H2. The molecule has 30 heavy (non-hydrogen) atoms. The van der Waals surface area contributed by atoms with Crippen LogP contribution in [0, 0.1) is 11.3 Å². The average molecular weight is 409 g/mol. The van der Waals surface area contributed by atoms with Gasteiger partial charge in [0.1, 0.15) is 0 Å². The van der Waals surface area contributed by atoms with E-state index in [1.165, 1.54) is 19.1 Å². The van der Waals surface area contributed by atoms with Crippen LogP contribution in [0.3, 0.4) is 0 Å². The van der Waals surface area contributed by atoms with E-state index >= 15 is 0 Å². The van der Waals surface area contributed by atoms with Crippen molar-refractivity contribution in [3.8, 4) is 11.4 Å². The van der Waals surface area contributed by atoms with Crippen LogP contribution in [0.1, 0.15) is 49.5 Å². The van der Waals surface area contributed by atoms with Gasteiger partial charge in [-0.15, -0.1) is 0 Å². The summed E-state index contributed by atoms with van der Waals surface area (Å²) in [4.78, 5) is 19.0. The second-order valence-electron chi connectivity index (χ2n) is 8.58. The molecule has 5 rings (SSSR count). The molecule has 1 aliphatic carbocycles. The topological polar surface area (TPSA) is 104 Å². The molecule has 2 aliphatic heterocycles. The molecule has 1 amide bonds. The Morgan fingerprint density at radius 3 is 2.70 bits per heavy atom. The first-order chi connectivity index (χ1) is 14.7. The zero-order chi connectivity index (χ0) is 20.5. The van der Waals surface area contributed by atoms with Crippen LogP contribution in [0.4, 0.5) is 5.69 Å². The Morgan fingerprint density at radius 2 is 2.03 bits per heavy atom. The lowest BCUT2D eigenvalue weighted by molar-refractivity contribution is -0.132. The van der Waals surface area contributed by atoms with Crippen LogP contribution in [0.25, 0.3) is 11.4 Å². The maximum atomic E-state index is 12.3. The van der Waals surface area contributed by atoms with Crippen molar-refractivity contribution < 1.29 is 14.1 Å². The van der Waals surface area contributed by atoms with E-state index in [1.54, 1.807) is 0 Å². The molecule has 8 nitrogen and oxygen atoms in total. The lowest BCUT2D eigenvalue weighted by atomic mass is 9.96. The van der Waals surface area contributed by atoms with Crippen LogP contribution in [0.5, 0.6) is 0 Å². The maximum absolute atomic E-state index is 12.3. The number of carbonyl (C=O) groups is 1. The molecule has 3 aliphatic rings. The van der Waals surface area contributed by atoms with E-state index < -0.39 is 0 Å². The van der Waals surface area contributed by atoms with Gasteiger partial charge in [-0.2, -0.15) is 4.98 Å². The molecule has 2 N–H and O–H groups in total. The minimum Gasteiger partial charge on any atom is -0.377 e. The van der Waals surface area contributed by atoms with E-state index in [-0.39, 0.29) is 12.0 Å². The second kappa shape index (κ2) is 8.18. The van der Waals surface area contributed by atoms with E-state index in [2.05, 4.69) is 15.5 Å². The van der Waals surface area contributed by atoms with Crippen molar-refractivity contribution >= 4 is 17.8 Å². The van der Waals surface area contributed by atoms with Crippen LogP contribution in [-0.4, -0.2) is 59.5 Å². The molecule has 2 saturated heterocycles. The first kappa shape index (κ1) is 19.2. The number of hydrogen-bond acceptors (Lipinski definition) is 7. The highest BCUT2D eigenvalue weighted by atomic mass is 16.5. The highest BCUT2D eigenvalue weighted by Crippen LogP contribution is 2.34. The first-order valence-corrected chi connectivity index (χ1v) is 10.8. The molecule has 0 radical (unpaired) electrons. The van der Waals surface area contributed by atoms with Gasteiger partial charge in [0.15, 0.2) is 0 Å². The number of hydrogen-bond donors (Lipinski definition) is 2. The van der Waals surface area contributed by atoms with Crippen molar-refractivity contribution in [2.24, 2.45) is 5.92 Å². The summed E-state index contributed by atoms with van der Waals surface area (Å²) in [5.74, 6) is 2.33. The molecule has 0 atom stereocenters. The van der Waals surface area contributed by atoms with Gasteiger partial charge in [0.25, 0.3) is 0 Å². The summed E-state index contributed by atoms with van der Waals surface area (Å²) in [5, 5.41) is 15.2.